The van der Waals surface area contributed by atoms with E-state index in [0.717, 1.165) is 0 Å². The van der Waals surface area contributed by atoms with Gasteiger partial charge in [0, 0.05) is 5.56 Å². The standard InChI is InChI=1S/C12H13NO3/c1-3-10(12(15)16-2)13-11(14)9-7-5-4-6-8-9/h3-8H,1-2H3,(H,13,14). The first-order chi connectivity index (χ1) is 7.69. The summed E-state index contributed by atoms with van der Waals surface area (Å²) in [4.78, 5) is 22.9. The molecule has 4 nitrogen and oxygen atoms in total. The normalized spacial score (nSPS) is 10.8. The van der Waals surface area contributed by atoms with Crippen molar-refractivity contribution < 1.29 is 14.3 Å². The lowest BCUT2D eigenvalue weighted by atomic mass is 10.2. The molecule has 4 heteroatoms. The quantitative estimate of drug-likeness (QED) is 0.619. The van der Waals surface area contributed by atoms with Gasteiger partial charge < -0.3 is 10.1 Å². The largest absolute Gasteiger partial charge is 0.464 e. The Morgan fingerprint density at radius 2 is 1.88 bits per heavy atom. The summed E-state index contributed by atoms with van der Waals surface area (Å²) in [6.07, 6.45) is 1.49. The molecule has 0 atom stereocenters. The number of carbonyl (C=O) groups is 2. The van der Waals surface area contributed by atoms with Crippen molar-refractivity contribution in [3.63, 3.8) is 0 Å². The van der Waals surface area contributed by atoms with Crippen molar-refractivity contribution in [2.24, 2.45) is 0 Å². The van der Waals surface area contributed by atoms with Crippen LogP contribution in [0.3, 0.4) is 0 Å². The predicted octanol–water partition coefficient (Wildman–Crippen LogP) is 1.49. The lowest BCUT2D eigenvalue weighted by molar-refractivity contribution is -0.136. The third kappa shape index (κ3) is 2.95. The number of hydrogen-bond donors (Lipinski definition) is 1. The molecule has 16 heavy (non-hydrogen) atoms. The molecule has 0 radical (unpaired) electrons. The van der Waals surface area contributed by atoms with Gasteiger partial charge in [0.2, 0.25) is 0 Å². The molecule has 0 unspecified atom stereocenters. The van der Waals surface area contributed by atoms with Crippen LogP contribution in [-0.4, -0.2) is 19.0 Å². The predicted molar refractivity (Wildman–Crippen MR) is 59.7 cm³/mol. The number of hydrogen-bond acceptors (Lipinski definition) is 3. The molecule has 1 amide bonds. The van der Waals surface area contributed by atoms with Crippen LogP contribution in [0, 0.1) is 0 Å². The number of rotatable bonds is 3. The number of ether oxygens (including phenoxy) is 1. The SMILES string of the molecule is CC=C(NC(=O)c1ccccc1)C(=O)OC. The Bertz CT molecular complexity index is 410. The maximum Gasteiger partial charge on any atom is 0.354 e. The van der Waals surface area contributed by atoms with Crippen molar-refractivity contribution in [1.29, 1.82) is 0 Å². The third-order valence-electron chi connectivity index (χ3n) is 1.98. The molecule has 1 rings (SSSR count). The van der Waals surface area contributed by atoms with E-state index in [2.05, 4.69) is 10.1 Å². The van der Waals surface area contributed by atoms with Gasteiger partial charge in [0.15, 0.2) is 0 Å². The summed E-state index contributed by atoms with van der Waals surface area (Å²) < 4.78 is 4.52. The molecule has 1 aromatic carbocycles. The molecule has 0 saturated carbocycles. The number of nitrogens with one attached hydrogen (secondary N) is 1. The number of benzene rings is 1. The van der Waals surface area contributed by atoms with E-state index in [4.69, 9.17) is 0 Å². The second-order valence-corrected chi connectivity index (χ2v) is 3.01. The van der Waals surface area contributed by atoms with Crippen LogP contribution in [0.4, 0.5) is 0 Å². The Morgan fingerprint density at radius 1 is 1.25 bits per heavy atom. The smallest absolute Gasteiger partial charge is 0.354 e. The monoisotopic (exact) mass is 219 g/mol. The van der Waals surface area contributed by atoms with E-state index < -0.39 is 5.97 Å². The molecule has 0 saturated heterocycles. The summed E-state index contributed by atoms with van der Waals surface area (Å²) in [6.45, 7) is 1.65. The van der Waals surface area contributed by atoms with E-state index in [-0.39, 0.29) is 11.6 Å². The summed E-state index contributed by atoms with van der Waals surface area (Å²) in [7, 11) is 1.26. The number of carbonyl (C=O) groups excluding carboxylic acids is 2. The Labute approximate surface area is 93.9 Å². The van der Waals surface area contributed by atoms with Crippen LogP contribution < -0.4 is 5.32 Å². The van der Waals surface area contributed by atoms with Gasteiger partial charge in [-0.15, -0.1) is 0 Å². The first-order valence-electron chi connectivity index (χ1n) is 4.80. The fourth-order valence-electron chi connectivity index (χ4n) is 1.14. The zero-order valence-corrected chi connectivity index (χ0v) is 9.19. The highest BCUT2D eigenvalue weighted by atomic mass is 16.5. The van der Waals surface area contributed by atoms with E-state index >= 15 is 0 Å². The number of allylic oxidation sites excluding steroid dienone is 1. The van der Waals surface area contributed by atoms with Gasteiger partial charge in [-0.2, -0.15) is 0 Å². The average molecular weight is 219 g/mol. The van der Waals surface area contributed by atoms with Crippen LogP contribution in [0.25, 0.3) is 0 Å². The Hall–Kier alpha value is -2.10. The highest BCUT2D eigenvalue weighted by molar-refractivity contribution is 6.00. The maximum atomic E-state index is 11.7. The van der Waals surface area contributed by atoms with Crippen molar-refractivity contribution in [1.82, 2.24) is 5.32 Å². The topological polar surface area (TPSA) is 55.4 Å². The Morgan fingerprint density at radius 3 is 2.38 bits per heavy atom. The second kappa shape index (κ2) is 5.70. The molecule has 0 fully saturated rings. The van der Waals surface area contributed by atoms with Gasteiger partial charge in [0.1, 0.15) is 5.70 Å². The number of amides is 1. The summed E-state index contributed by atoms with van der Waals surface area (Å²) >= 11 is 0. The van der Waals surface area contributed by atoms with E-state index in [1.807, 2.05) is 6.07 Å². The van der Waals surface area contributed by atoms with E-state index in [1.165, 1.54) is 13.2 Å². The van der Waals surface area contributed by atoms with Gasteiger partial charge >= 0.3 is 5.97 Å². The maximum absolute atomic E-state index is 11.7. The minimum Gasteiger partial charge on any atom is -0.464 e. The van der Waals surface area contributed by atoms with E-state index in [0.29, 0.717) is 5.56 Å². The molecule has 1 aromatic rings. The summed E-state index contributed by atoms with van der Waals surface area (Å²) in [5.74, 6) is -0.897. The zero-order valence-electron chi connectivity index (χ0n) is 9.19. The molecule has 1 N–H and O–H groups in total. The minimum atomic E-state index is -0.563. The number of methoxy groups -OCH3 is 1. The molecule has 0 aliphatic heterocycles. The Kier molecular flexibility index (Phi) is 4.27. The highest BCUT2D eigenvalue weighted by Crippen LogP contribution is 2.01. The second-order valence-electron chi connectivity index (χ2n) is 3.01. The molecular weight excluding hydrogens is 206 g/mol. The summed E-state index contributed by atoms with van der Waals surface area (Å²) in [5.41, 5.74) is 0.627. The van der Waals surface area contributed by atoms with E-state index in [9.17, 15) is 9.59 Å². The van der Waals surface area contributed by atoms with Crippen LogP contribution in [0.5, 0.6) is 0 Å². The third-order valence-corrected chi connectivity index (χ3v) is 1.98. The van der Waals surface area contributed by atoms with Gasteiger partial charge in [-0.05, 0) is 19.1 Å². The Balaban J connectivity index is 2.75. The fraction of sp³-hybridized carbons (Fsp3) is 0.167. The molecule has 0 aromatic heterocycles. The van der Waals surface area contributed by atoms with Crippen LogP contribution >= 0.6 is 0 Å². The molecular formula is C12H13NO3. The van der Waals surface area contributed by atoms with E-state index in [1.54, 1.807) is 31.2 Å². The minimum absolute atomic E-state index is 0.136. The lowest BCUT2D eigenvalue weighted by Crippen LogP contribution is -2.27. The summed E-state index contributed by atoms with van der Waals surface area (Å²) in [5, 5.41) is 2.48. The van der Waals surface area contributed by atoms with Gasteiger partial charge in [0.25, 0.3) is 5.91 Å². The van der Waals surface area contributed by atoms with Crippen molar-refractivity contribution in [2.75, 3.05) is 7.11 Å². The van der Waals surface area contributed by atoms with Crippen LogP contribution in [0.2, 0.25) is 0 Å². The molecule has 0 heterocycles. The van der Waals surface area contributed by atoms with Crippen molar-refractivity contribution >= 4 is 11.9 Å². The van der Waals surface area contributed by atoms with Gasteiger partial charge in [-0.3, -0.25) is 4.79 Å². The van der Waals surface area contributed by atoms with Crippen LogP contribution in [-0.2, 0) is 9.53 Å². The molecule has 0 aliphatic rings. The molecule has 0 aliphatic carbocycles. The first-order valence-corrected chi connectivity index (χ1v) is 4.80. The molecule has 0 bridgehead atoms. The highest BCUT2D eigenvalue weighted by Gasteiger charge is 2.12. The lowest BCUT2D eigenvalue weighted by Gasteiger charge is -2.06. The molecule has 0 spiro atoms. The molecule has 84 valence electrons. The van der Waals surface area contributed by atoms with Crippen LogP contribution in [0.15, 0.2) is 42.1 Å². The van der Waals surface area contributed by atoms with Crippen molar-refractivity contribution in [2.45, 2.75) is 6.92 Å². The van der Waals surface area contributed by atoms with Gasteiger partial charge in [0.05, 0.1) is 7.11 Å². The zero-order chi connectivity index (χ0) is 12.0. The van der Waals surface area contributed by atoms with Crippen molar-refractivity contribution in [3.8, 4) is 0 Å². The summed E-state index contributed by atoms with van der Waals surface area (Å²) in [6, 6.07) is 8.65. The van der Waals surface area contributed by atoms with Crippen molar-refractivity contribution in [3.05, 3.63) is 47.7 Å². The van der Waals surface area contributed by atoms with Crippen LogP contribution in [0.1, 0.15) is 17.3 Å². The average Bonchev–Trinajstić information content (AvgIpc) is 2.35. The van der Waals surface area contributed by atoms with Gasteiger partial charge in [-0.1, -0.05) is 24.3 Å². The first kappa shape index (κ1) is 12.0. The van der Waals surface area contributed by atoms with Gasteiger partial charge in [-0.25, -0.2) is 4.79 Å². The number of esters is 1. The fourth-order valence-corrected chi connectivity index (χ4v) is 1.14.